The number of aliphatic hydroxyl groups excluding tert-OH is 2. The smallest absolute Gasteiger partial charge is 0.389 e. The molecule has 0 aliphatic heterocycles. The number of halogens is 4. The van der Waals surface area contributed by atoms with Crippen molar-refractivity contribution in [3.8, 4) is 0 Å². The lowest BCUT2D eigenvalue weighted by Gasteiger charge is -2.18. The number of nitrogens with two attached hydrogens (primary N) is 1. The Morgan fingerprint density at radius 2 is 1.76 bits per heavy atom. The summed E-state index contributed by atoms with van der Waals surface area (Å²) in [6, 6.07) is 1.61. The van der Waals surface area contributed by atoms with Crippen LogP contribution in [0.1, 0.15) is 17.2 Å². The van der Waals surface area contributed by atoms with Gasteiger partial charge in [-0.1, -0.05) is 0 Å². The maximum Gasteiger partial charge on any atom is 0.416 e. The maximum atomic E-state index is 13.0. The van der Waals surface area contributed by atoms with Gasteiger partial charge in [-0.2, -0.15) is 13.2 Å². The van der Waals surface area contributed by atoms with Crippen LogP contribution in [0.3, 0.4) is 0 Å². The van der Waals surface area contributed by atoms with Gasteiger partial charge in [-0.05, 0) is 23.8 Å². The number of alkyl halides is 3. The molecular weight excluding hydrogens is 242 g/mol. The molecule has 2 atom stereocenters. The molecule has 7 heteroatoms. The summed E-state index contributed by atoms with van der Waals surface area (Å²) in [5, 5.41) is 18.6. The van der Waals surface area contributed by atoms with Gasteiger partial charge >= 0.3 is 6.18 Å². The molecule has 0 saturated heterocycles. The van der Waals surface area contributed by atoms with E-state index in [9.17, 15) is 27.8 Å². The van der Waals surface area contributed by atoms with Crippen molar-refractivity contribution in [1.82, 2.24) is 0 Å². The Hall–Kier alpha value is -1.18. The Balaban J connectivity index is 3.14. The van der Waals surface area contributed by atoms with Crippen LogP contribution in [0.2, 0.25) is 0 Å². The molecule has 0 amide bonds. The first-order chi connectivity index (χ1) is 7.75. The van der Waals surface area contributed by atoms with E-state index >= 15 is 0 Å². The van der Waals surface area contributed by atoms with Crippen molar-refractivity contribution >= 4 is 0 Å². The Morgan fingerprint density at radius 3 is 2.24 bits per heavy atom. The molecule has 0 bridgehead atoms. The second kappa shape index (κ2) is 4.99. The zero-order valence-corrected chi connectivity index (χ0v) is 8.58. The van der Waals surface area contributed by atoms with Gasteiger partial charge in [0.05, 0.1) is 11.7 Å². The van der Waals surface area contributed by atoms with Crippen molar-refractivity contribution in [2.45, 2.75) is 18.4 Å². The molecule has 2 unspecified atom stereocenters. The summed E-state index contributed by atoms with van der Waals surface area (Å²) in [5.41, 5.74) is 3.45. The van der Waals surface area contributed by atoms with E-state index in [0.29, 0.717) is 12.1 Å². The van der Waals surface area contributed by atoms with E-state index < -0.39 is 29.8 Å². The molecule has 0 saturated carbocycles. The first-order valence-corrected chi connectivity index (χ1v) is 4.69. The van der Waals surface area contributed by atoms with E-state index in [0.717, 1.165) is 6.07 Å². The topological polar surface area (TPSA) is 66.5 Å². The molecule has 0 heterocycles. The van der Waals surface area contributed by atoms with Crippen molar-refractivity contribution in [1.29, 1.82) is 0 Å². The predicted octanol–water partition coefficient (Wildman–Crippen LogP) is 1.20. The standard InChI is InChI=1S/C10H11F4NO2/c11-7-2-5(9(17)8(16)4-15)1-6(3-7)10(12,13)14/h1-3,8-9,16-17H,4,15H2. The summed E-state index contributed by atoms with van der Waals surface area (Å²) in [4.78, 5) is 0. The van der Waals surface area contributed by atoms with Crippen LogP contribution in [0, 0.1) is 5.82 Å². The fourth-order valence-corrected chi connectivity index (χ4v) is 1.30. The average Bonchev–Trinajstić information content (AvgIpc) is 2.25. The van der Waals surface area contributed by atoms with Gasteiger partial charge in [0.15, 0.2) is 0 Å². The van der Waals surface area contributed by atoms with Crippen molar-refractivity contribution in [2.75, 3.05) is 6.54 Å². The highest BCUT2D eigenvalue weighted by molar-refractivity contribution is 5.28. The minimum absolute atomic E-state index is 0.311. The van der Waals surface area contributed by atoms with E-state index in [1.807, 2.05) is 0 Å². The molecule has 0 aliphatic rings. The molecule has 0 aromatic heterocycles. The first-order valence-electron chi connectivity index (χ1n) is 4.69. The summed E-state index contributed by atoms with van der Waals surface area (Å²) < 4.78 is 50.0. The molecule has 3 nitrogen and oxygen atoms in total. The Labute approximate surface area is 94.5 Å². The fraction of sp³-hybridized carbons (Fsp3) is 0.400. The highest BCUT2D eigenvalue weighted by Crippen LogP contribution is 2.32. The van der Waals surface area contributed by atoms with Gasteiger partial charge in [0.25, 0.3) is 0 Å². The highest BCUT2D eigenvalue weighted by atomic mass is 19.4. The molecule has 4 N–H and O–H groups in total. The van der Waals surface area contributed by atoms with Crippen molar-refractivity contribution in [3.05, 3.63) is 35.1 Å². The van der Waals surface area contributed by atoms with E-state index in [2.05, 4.69) is 0 Å². The van der Waals surface area contributed by atoms with E-state index in [1.54, 1.807) is 0 Å². The van der Waals surface area contributed by atoms with Gasteiger partial charge in [0.1, 0.15) is 11.9 Å². The van der Waals surface area contributed by atoms with Crippen LogP contribution in [0.25, 0.3) is 0 Å². The Kier molecular flexibility index (Phi) is 4.07. The average molecular weight is 253 g/mol. The van der Waals surface area contributed by atoms with Gasteiger partial charge in [-0.15, -0.1) is 0 Å². The van der Waals surface area contributed by atoms with Crippen molar-refractivity contribution < 1.29 is 27.8 Å². The minimum atomic E-state index is -4.72. The summed E-state index contributed by atoms with van der Waals surface area (Å²) in [6.45, 7) is -0.348. The fourth-order valence-electron chi connectivity index (χ4n) is 1.30. The number of hydrogen-bond acceptors (Lipinski definition) is 3. The van der Waals surface area contributed by atoms with Gasteiger partial charge in [-0.25, -0.2) is 4.39 Å². The highest BCUT2D eigenvalue weighted by Gasteiger charge is 2.32. The molecule has 1 rings (SSSR count). The predicted molar refractivity (Wildman–Crippen MR) is 51.4 cm³/mol. The summed E-state index contributed by atoms with van der Waals surface area (Å²) in [7, 11) is 0. The van der Waals surface area contributed by atoms with E-state index in [4.69, 9.17) is 5.73 Å². The van der Waals surface area contributed by atoms with E-state index in [-0.39, 0.29) is 12.1 Å². The summed E-state index contributed by atoms with van der Waals surface area (Å²) >= 11 is 0. The summed E-state index contributed by atoms with van der Waals surface area (Å²) in [6.07, 6.45) is -7.82. The van der Waals surface area contributed by atoms with Crippen LogP contribution in [-0.2, 0) is 6.18 Å². The van der Waals surface area contributed by atoms with Crippen LogP contribution in [0.4, 0.5) is 17.6 Å². The number of benzene rings is 1. The van der Waals surface area contributed by atoms with Gasteiger partial charge in [-0.3, -0.25) is 0 Å². The lowest BCUT2D eigenvalue weighted by molar-refractivity contribution is -0.137. The molecule has 0 radical (unpaired) electrons. The number of aliphatic hydroxyl groups is 2. The monoisotopic (exact) mass is 253 g/mol. The third-order valence-corrected chi connectivity index (χ3v) is 2.19. The van der Waals surface area contributed by atoms with Crippen molar-refractivity contribution in [3.63, 3.8) is 0 Å². The Bertz CT molecular complexity index is 394. The zero-order valence-electron chi connectivity index (χ0n) is 8.58. The second-order valence-electron chi connectivity index (χ2n) is 3.52. The lowest BCUT2D eigenvalue weighted by Crippen LogP contribution is -2.27. The first kappa shape index (κ1) is 13.9. The molecule has 1 aromatic rings. The van der Waals surface area contributed by atoms with Crippen LogP contribution in [-0.4, -0.2) is 22.9 Å². The second-order valence-corrected chi connectivity index (χ2v) is 3.52. The third-order valence-electron chi connectivity index (χ3n) is 2.19. The largest absolute Gasteiger partial charge is 0.416 e. The lowest BCUT2D eigenvalue weighted by atomic mass is 10.0. The zero-order chi connectivity index (χ0) is 13.2. The normalized spacial score (nSPS) is 15.7. The number of hydrogen-bond donors (Lipinski definition) is 3. The molecule has 17 heavy (non-hydrogen) atoms. The van der Waals surface area contributed by atoms with Crippen LogP contribution in [0.5, 0.6) is 0 Å². The van der Waals surface area contributed by atoms with Gasteiger partial charge in [0.2, 0.25) is 0 Å². The van der Waals surface area contributed by atoms with Crippen molar-refractivity contribution in [2.24, 2.45) is 5.73 Å². The van der Waals surface area contributed by atoms with Crippen LogP contribution >= 0.6 is 0 Å². The minimum Gasteiger partial charge on any atom is -0.389 e. The molecular formula is C10H11F4NO2. The molecule has 96 valence electrons. The number of rotatable bonds is 3. The molecule has 0 fully saturated rings. The molecule has 1 aromatic carbocycles. The maximum absolute atomic E-state index is 13.0. The third kappa shape index (κ3) is 3.39. The summed E-state index contributed by atoms with van der Waals surface area (Å²) in [5.74, 6) is -1.14. The van der Waals surface area contributed by atoms with Crippen LogP contribution < -0.4 is 5.73 Å². The quantitative estimate of drug-likeness (QED) is 0.709. The van der Waals surface area contributed by atoms with E-state index in [1.165, 1.54) is 0 Å². The SMILES string of the molecule is NCC(O)C(O)c1cc(F)cc(C(F)(F)F)c1. The van der Waals surface area contributed by atoms with Gasteiger partial charge in [0, 0.05) is 6.54 Å². The van der Waals surface area contributed by atoms with Crippen LogP contribution in [0.15, 0.2) is 18.2 Å². The van der Waals surface area contributed by atoms with Gasteiger partial charge < -0.3 is 15.9 Å². The molecule has 0 spiro atoms. The molecule has 0 aliphatic carbocycles. The Morgan fingerprint density at radius 1 is 1.18 bits per heavy atom.